The number of carbonyl (C=O) groups excluding carboxylic acids is 1. The Kier molecular flexibility index (Phi) is 6.96. The number of hydrogen-bond donors (Lipinski definition) is 1. The number of fused-ring (bicyclic) bond motifs is 1. The van der Waals surface area contributed by atoms with Crippen LogP contribution < -0.4 is 15.0 Å². The molecule has 0 aliphatic heterocycles. The molecule has 0 saturated heterocycles. The zero-order valence-corrected chi connectivity index (χ0v) is 18.8. The molecule has 12 heteroatoms. The number of nitrogens with one attached hydrogen (secondary N) is 1. The number of aromatic nitrogens is 2. The number of hydrogen-bond acceptors (Lipinski definition) is 7. The molecule has 1 N–H and O–H groups in total. The molecule has 0 unspecified atom stereocenters. The van der Waals surface area contributed by atoms with Gasteiger partial charge in [0.15, 0.2) is 11.5 Å². The first-order valence-corrected chi connectivity index (χ1v) is 11.2. The number of methoxy groups -OCH3 is 2. The van der Waals surface area contributed by atoms with E-state index in [2.05, 4.69) is 9.97 Å². The molecule has 33 heavy (non-hydrogen) atoms. The summed E-state index contributed by atoms with van der Waals surface area (Å²) in [5, 5.41) is 0.279. The highest BCUT2D eigenvalue weighted by atomic mass is 32.2. The smallest absolute Gasteiger partial charge is 0.341 e. The van der Waals surface area contributed by atoms with Gasteiger partial charge in [0.1, 0.15) is 5.82 Å². The molecule has 0 saturated carbocycles. The molecule has 0 aliphatic carbocycles. The fourth-order valence-electron chi connectivity index (χ4n) is 3.17. The summed E-state index contributed by atoms with van der Waals surface area (Å²) in [6.45, 7) is 1.90. The van der Waals surface area contributed by atoms with Gasteiger partial charge < -0.3 is 19.4 Å². The molecular formula is C21H21F2N3O6S. The Balaban J connectivity index is 1.90. The molecule has 3 aromatic rings. The van der Waals surface area contributed by atoms with Crippen molar-refractivity contribution in [1.29, 1.82) is 0 Å². The predicted octanol–water partition coefficient (Wildman–Crippen LogP) is 2.60. The number of sulfone groups is 1. The Labute approximate surface area is 187 Å². The third-order valence-corrected chi connectivity index (χ3v) is 6.33. The van der Waals surface area contributed by atoms with Crippen LogP contribution in [0.15, 0.2) is 46.1 Å². The highest BCUT2D eigenvalue weighted by Gasteiger charge is 2.27. The highest BCUT2D eigenvalue weighted by molar-refractivity contribution is 7.91. The van der Waals surface area contributed by atoms with E-state index < -0.39 is 32.0 Å². The molecule has 0 spiro atoms. The number of halogens is 2. The fraction of sp³-hybridized carbons (Fsp3) is 0.286. The zero-order valence-electron chi connectivity index (χ0n) is 18.0. The summed E-state index contributed by atoms with van der Waals surface area (Å²) in [6, 6.07) is 7.29. The molecule has 0 atom stereocenters. The molecule has 1 aromatic heterocycles. The average molecular weight is 481 g/mol. The summed E-state index contributed by atoms with van der Waals surface area (Å²) >= 11 is 0. The summed E-state index contributed by atoms with van der Waals surface area (Å²) in [5.74, 6) is -3.08. The van der Waals surface area contributed by atoms with Crippen LogP contribution in [0.2, 0.25) is 0 Å². The van der Waals surface area contributed by atoms with Gasteiger partial charge in [-0.1, -0.05) is 0 Å². The van der Waals surface area contributed by atoms with E-state index >= 15 is 0 Å². The average Bonchev–Trinajstić information content (AvgIpc) is 2.81. The Morgan fingerprint density at radius 3 is 2.27 bits per heavy atom. The molecule has 0 bridgehead atoms. The minimum absolute atomic E-state index is 0.0497. The van der Waals surface area contributed by atoms with Crippen LogP contribution in [-0.2, 0) is 16.4 Å². The van der Waals surface area contributed by atoms with Crippen molar-refractivity contribution in [3.8, 4) is 11.5 Å². The maximum Gasteiger partial charge on any atom is 0.341 e. The molecule has 176 valence electrons. The summed E-state index contributed by atoms with van der Waals surface area (Å²) < 4.78 is 59.0. The standard InChI is InChI=1S/C21H21F2N3O6S/c1-4-26(20(28)12-5-7-13(8-6-12)33(29,30)21(22)23)11-18-24-15-10-17(32-3)16(31-2)9-14(15)19(27)25-18/h5-10,21H,4,11H2,1-3H3,(H,24,25,27). The molecule has 2 aromatic carbocycles. The van der Waals surface area contributed by atoms with Crippen molar-refractivity contribution < 1.29 is 31.5 Å². The Hall–Kier alpha value is -3.54. The van der Waals surface area contributed by atoms with Crippen LogP contribution in [0.25, 0.3) is 10.9 Å². The lowest BCUT2D eigenvalue weighted by Gasteiger charge is -2.20. The first-order valence-electron chi connectivity index (χ1n) is 9.68. The van der Waals surface area contributed by atoms with Gasteiger partial charge in [-0.05, 0) is 37.3 Å². The van der Waals surface area contributed by atoms with Crippen molar-refractivity contribution in [3.63, 3.8) is 0 Å². The third kappa shape index (κ3) is 4.80. The number of amides is 1. The SMILES string of the molecule is CCN(Cc1nc2cc(OC)c(OC)cc2c(=O)[nH]1)C(=O)c1ccc(S(=O)(=O)C(F)F)cc1. The van der Waals surface area contributed by atoms with Gasteiger partial charge in [0.25, 0.3) is 11.5 Å². The van der Waals surface area contributed by atoms with Crippen molar-refractivity contribution in [3.05, 3.63) is 58.1 Å². The van der Waals surface area contributed by atoms with E-state index in [0.717, 1.165) is 24.3 Å². The molecule has 0 fully saturated rings. The monoisotopic (exact) mass is 481 g/mol. The van der Waals surface area contributed by atoms with Crippen LogP contribution in [0, 0.1) is 0 Å². The zero-order chi connectivity index (χ0) is 24.3. The van der Waals surface area contributed by atoms with Gasteiger partial charge in [0.2, 0.25) is 9.84 Å². The van der Waals surface area contributed by atoms with Crippen molar-refractivity contribution >= 4 is 26.6 Å². The van der Waals surface area contributed by atoms with Crippen molar-refractivity contribution in [2.24, 2.45) is 0 Å². The van der Waals surface area contributed by atoms with Crippen LogP contribution in [-0.4, -0.2) is 55.7 Å². The van der Waals surface area contributed by atoms with E-state index in [0.29, 0.717) is 17.0 Å². The summed E-state index contributed by atoms with van der Waals surface area (Å²) in [4.78, 5) is 33.2. The Morgan fingerprint density at radius 2 is 1.73 bits per heavy atom. The second kappa shape index (κ2) is 9.53. The van der Waals surface area contributed by atoms with Crippen LogP contribution in [0.1, 0.15) is 23.1 Å². The first kappa shape index (κ1) is 24.1. The molecule has 9 nitrogen and oxygen atoms in total. The molecule has 1 amide bonds. The molecule has 0 aliphatic rings. The van der Waals surface area contributed by atoms with Crippen LogP contribution in [0.4, 0.5) is 8.78 Å². The largest absolute Gasteiger partial charge is 0.493 e. The van der Waals surface area contributed by atoms with Crippen molar-refractivity contribution in [1.82, 2.24) is 14.9 Å². The third-order valence-electron chi connectivity index (χ3n) is 4.93. The Bertz CT molecular complexity index is 1340. The fourth-order valence-corrected chi connectivity index (χ4v) is 3.89. The number of nitrogens with zero attached hydrogens (tertiary/aromatic N) is 2. The Morgan fingerprint density at radius 1 is 1.12 bits per heavy atom. The summed E-state index contributed by atoms with van der Waals surface area (Å²) in [7, 11) is -1.86. The van der Waals surface area contributed by atoms with Gasteiger partial charge in [-0.15, -0.1) is 0 Å². The molecular weight excluding hydrogens is 460 g/mol. The topological polar surface area (TPSA) is 119 Å². The summed E-state index contributed by atoms with van der Waals surface area (Å²) in [5.41, 5.74) is 0.0112. The van der Waals surface area contributed by atoms with Gasteiger partial charge >= 0.3 is 5.76 Å². The lowest BCUT2D eigenvalue weighted by molar-refractivity contribution is 0.0748. The van der Waals surface area contributed by atoms with E-state index in [-0.39, 0.29) is 29.9 Å². The molecule has 0 radical (unpaired) electrons. The van der Waals surface area contributed by atoms with Crippen molar-refractivity contribution in [2.45, 2.75) is 24.1 Å². The second-order valence-electron chi connectivity index (χ2n) is 6.89. The van der Waals surface area contributed by atoms with E-state index in [1.165, 1.54) is 25.2 Å². The van der Waals surface area contributed by atoms with E-state index in [1.54, 1.807) is 13.0 Å². The van der Waals surface area contributed by atoms with Gasteiger partial charge in [-0.2, -0.15) is 8.78 Å². The van der Waals surface area contributed by atoms with Crippen LogP contribution in [0.3, 0.4) is 0 Å². The predicted molar refractivity (Wildman–Crippen MR) is 116 cm³/mol. The normalized spacial score (nSPS) is 11.6. The van der Waals surface area contributed by atoms with Gasteiger partial charge in [-0.3, -0.25) is 9.59 Å². The second-order valence-corrected chi connectivity index (χ2v) is 8.80. The number of aromatic amines is 1. The number of rotatable bonds is 8. The number of carbonyl (C=O) groups is 1. The quantitative estimate of drug-likeness (QED) is 0.525. The lowest BCUT2D eigenvalue weighted by Crippen LogP contribution is -2.32. The number of ether oxygens (including phenoxy) is 2. The lowest BCUT2D eigenvalue weighted by atomic mass is 10.2. The van der Waals surface area contributed by atoms with E-state index in [4.69, 9.17) is 9.47 Å². The maximum absolute atomic E-state index is 12.9. The minimum Gasteiger partial charge on any atom is -0.493 e. The number of benzene rings is 2. The number of alkyl halides is 2. The van der Waals surface area contributed by atoms with Crippen LogP contribution in [0.5, 0.6) is 11.5 Å². The van der Waals surface area contributed by atoms with Gasteiger partial charge in [-0.25, -0.2) is 13.4 Å². The number of H-pyrrole nitrogens is 1. The maximum atomic E-state index is 12.9. The minimum atomic E-state index is -4.76. The van der Waals surface area contributed by atoms with Gasteiger partial charge in [0, 0.05) is 18.2 Å². The molecule has 1 heterocycles. The summed E-state index contributed by atoms with van der Waals surface area (Å²) in [6.07, 6.45) is 0. The van der Waals surface area contributed by atoms with E-state index in [9.17, 15) is 26.8 Å². The molecule has 3 rings (SSSR count). The highest BCUT2D eigenvalue weighted by Crippen LogP contribution is 2.30. The van der Waals surface area contributed by atoms with Crippen molar-refractivity contribution in [2.75, 3.05) is 20.8 Å². The van der Waals surface area contributed by atoms with E-state index in [1.807, 2.05) is 0 Å². The van der Waals surface area contributed by atoms with Gasteiger partial charge in [0.05, 0.1) is 36.6 Å². The van der Waals surface area contributed by atoms with Crippen LogP contribution >= 0.6 is 0 Å². The first-order chi connectivity index (χ1) is 15.6.